The molecule has 1 aliphatic rings. The molecule has 0 saturated heterocycles. The van der Waals surface area contributed by atoms with Crippen molar-refractivity contribution < 1.29 is 14.3 Å². The van der Waals surface area contributed by atoms with E-state index in [-0.39, 0.29) is 11.6 Å². The molecule has 0 aromatic heterocycles. The molecule has 1 aliphatic heterocycles. The van der Waals surface area contributed by atoms with Gasteiger partial charge in [0.15, 0.2) is 5.70 Å². The van der Waals surface area contributed by atoms with E-state index < -0.39 is 5.97 Å². The molecule has 0 aliphatic carbocycles. The van der Waals surface area contributed by atoms with Gasteiger partial charge in [-0.3, -0.25) is 0 Å². The standard InChI is InChI=1S/C20H18ClNO3/c1-12(2)14-6-4-13(5-7-14)10-18-20(23)25-19(22-18)16-9-8-15(24-3)11-17(16)21/h4-12H,1-3H3. The largest absolute Gasteiger partial charge is 0.497 e. The quantitative estimate of drug-likeness (QED) is 0.583. The fourth-order valence-electron chi connectivity index (χ4n) is 2.46. The van der Waals surface area contributed by atoms with Crippen molar-refractivity contribution in [3.63, 3.8) is 0 Å². The molecule has 5 heteroatoms. The second-order valence-electron chi connectivity index (χ2n) is 6.00. The average molecular weight is 356 g/mol. The number of carbonyl (C=O) groups excluding carboxylic acids is 1. The monoisotopic (exact) mass is 355 g/mol. The van der Waals surface area contributed by atoms with Gasteiger partial charge in [0.05, 0.1) is 17.7 Å². The lowest BCUT2D eigenvalue weighted by molar-refractivity contribution is -0.129. The molecular weight excluding hydrogens is 338 g/mol. The molecule has 0 atom stereocenters. The molecule has 4 nitrogen and oxygen atoms in total. The summed E-state index contributed by atoms with van der Waals surface area (Å²) in [6, 6.07) is 13.1. The molecule has 1 heterocycles. The second-order valence-corrected chi connectivity index (χ2v) is 6.41. The van der Waals surface area contributed by atoms with Gasteiger partial charge >= 0.3 is 5.97 Å². The summed E-state index contributed by atoms with van der Waals surface area (Å²) in [5, 5.41) is 0.411. The lowest BCUT2D eigenvalue weighted by atomic mass is 10.0. The first-order chi connectivity index (χ1) is 12.0. The van der Waals surface area contributed by atoms with E-state index in [9.17, 15) is 4.79 Å². The molecule has 0 saturated carbocycles. The number of hydrogen-bond acceptors (Lipinski definition) is 4. The Hall–Kier alpha value is -2.59. The summed E-state index contributed by atoms with van der Waals surface area (Å²) in [6.07, 6.45) is 1.71. The molecule has 0 radical (unpaired) electrons. The molecular formula is C20H18ClNO3. The van der Waals surface area contributed by atoms with Crippen LogP contribution in [0.2, 0.25) is 5.02 Å². The van der Waals surface area contributed by atoms with E-state index in [2.05, 4.69) is 18.8 Å². The third-order valence-electron chi connectivity index (χ3n) is 3.93. The minimum absolute atomic E-state index is 0.197. The first kappa shape index (κ1) is 17.2. The van der Waals surface area contributed by atoms with Crippen LogP contribution in [0.25, 0.3) is 6.08 Å². The maximum Gasteiger partial charge on any atom is 0.363 e. The number of benzene rings is 2. The summed E-state index contributed by atoms with van der Waals surface area (Å²) in [5.41, 5.74) is 2.93. The van der Waals surface area contributed by atoms with Crippen molar-refractivity contribution in [2.24, 2.45) is 4.99 Å². The van der Waals surface area contributed by atoms with Crippen LogP contribution in [-0.2, 0) is 9.53 Å². The van der Waals surface area contributed by atoms with E-state index in [0.29, 0.717) is 22.3 Å². The summed E-state index contributed by atoms with van der Waals surface area (Å²) in [7, 11) is 1.56. The number of ether oxygens (including phenoxy) is 2. The molecule has 128 valence electrons. The second kappa shape index (κ2) is 7.11. The van der Waals surface area contributed by atoms with Crippen LogP contribution in [0.3, 0.4) is 0 Å². The Kier molecular flexibility index (Phi) is 4.91. The lowest BCUT2D eigenvalue weighted by Gasteiger charge is -2.05. The van der Waals surface area contributed by atoms with Crippen LogP contribution in [0, 0.1) is 0 Å². The highest BCUT2D eigenvalue weighted by Gasteiger charge is 2.25. The molecule has 0 amide bonds. The topological polar surface area (TPSA) is 47.9 Å². The van der Waals surface area contributed by atoms with Gasteiger partial charge in [-0.2, -0.15) is 0 Å². The molecule has 2 aromatic carbocycles. The van der Waals surface area contributed by atoms with E-state index in [1.807, 2.05) is 24.3 Å². The predicted molar refractivity (Wildman–Crippen MR) is 99.1 cm³/mol. The van der Waals surface area contributed by atoms with Crippen molar-refractivity contribution in [1.29, 1.82) is 0 Å². The molecule has 0 spiro atoms. The average Bonchev–Trinajstić information content (AvgIpc) is 2.95. The Morgan fingerprint density at radius 3 is 2.48 bits per heavy atom. The predicted octanol–water partition coefficient (Wildman–Crippen LogP) is 4.82. The molecule has 3 rings (SSSR count). The van der Waals surface area contributed by atoms with Crippen LogP contribution >= 0.6 is 11.6 Å². The lowest BCUT2D eigenvalue weighted by Crippen LogP contribution is -2.06. The molecule has 0 bridgehead atoms. The van der Waals surface area contributed by atoms with Gasteiger partial charge < -0.3 is 9.47 Å². The van der Waals surface area contributed by atoms with Gasteiger partial charge in [-0.25, -0.2) is 9.79 Å². The number of aliphatic imine (C=N–C) groups is 1. The highest BCUT2D eigenvalue weighted by atomic mass is 35.5. The highest BCUT2D eigenvalue weighted by molar-refractivity contribution is 6.34. The van der Waals surface area contributed by atoms with Crippen molar-refractivity contribution >= 4 is 29.5 Å². The molecule has 2 aromatic rings. The van der Waals surface area contributed by atoms with Gasteiger partial charge in [-0.05, 0) is 41.3 Å². The minimum atomic E-state index is -0.491. The zero-order chi connectivity index (χ0) is 18.0. The maximum atomic E-state index is 12.1. The van der Waals surface area contributed by atoms with Crippen molar-refractivity contribution in [3.8, 4) is 5.75 Å². The Bertz CT molecular complexity index is 867. The number of carbonyl (C=O) groups is 1. The van der Waals surface area contributed by atoms with Crippen LogP contribution < -0.4 is 4.74 Å². The fourth-order valence-corrected chi connectivity index (χ4v) is 2.71. The van der Waals surface area contributed by atoms with Gasteiger partial charge in [0.2, 0.25) is 5.90 Å². The SMILES string of the molecule is COc1ccc(C2=NC(=Cc3ccc(C(C)C)cc3)C(=O)O2)c(Cl)c1. The van der Waals surface area contributed by atoms with Crippen LogP contribution in [-0.4, -0.2) is 19.0 Å². The van der Waals surface area contributed by atoms with Crippen LogP contribution in [0.1, 0.15) is 36.5 Å². The summed E-state index contributed by atoms with van der Waals surface area (Å²) in [5.74, 6) is 0.789. The number of rotatable bonds is 4. The third-order valence-corrected chi connectivity index (χ3v) is 4.25. The van der Waals surface area contributed by atoms with Crippen LogP contribution in [0.15, 0.2) is 53.2 Å². The Labute approximate surface area is 151 Å². The van der Waals surface area contributed by atoms with E-state index in [1.54, 1.807) is 31.4 Å². The van der Waals surface area contributed by atoms with Gasteiger partial charge in [0, 0.05) is 0 Å². The van der Waals surface area contributed by atoms with Crippen molar-refractivity contribution in [1.82, 2.24) is 0 Å². The minimum Gasteiger partial charge on any atom is -0.497 e. The van der Waals surface area contributed by atoms with Crippen LogP contribution in [0.5, 0.6) is 5.75 Å². The normalized spacial score (nSPS) is 15.5. The third kappa shape index (κ3) is 3.74. The Morgan fingerprint density at radius 2 is 1.88 bits per heavy atom. The molecule has 25 heavy (non-hydrogen) atoms. The number of methoxy groups -OCH3 is 1. The number of hydrogen-bond donors (Lipinski definition) is 0. The van der Waals surface area contributed by atoms with Crippen molar-refractivity contribution in [3.05, 3.63) is 69.9 Å². The molecule has 0 fully saturated rings. The fraction of sp³-hybridized carbons (Fsp3) is 0.200. The molecule has 0 N–H and O–H groups in total. The smallest absolute Gasteiger partial charge is 0.363 e. The number of nitrogens with zero attached hydrogens (tertiary/aromatic N) is 1. The van der Waals surface area contributed by atoms with Gasteiger partial charge in [-0.15, -0.1) is 0 Å². The number of halogens is 1. The van der Waals surface area contributed by atoms with Crippen LogP contribution in [0.4, 0.5) is 0 Å². The highest BCUT2D eigenvalue weighted by Crippen LogP contribution is 2.27. The molecule has 0 unspecified atom stereocenters. The van der Waals surface area contributed by atoms with Crippen molar-refractivity contribution in [2.75, 3.05) is 7.11 Å². The van der Waals surface area contributed by atoms with E-state index in [1.165, 1.54) is 5.56 Å². The van der Waals surface area contributed by atoms with E-state index >= 15 is 0 Å². The summed E-state index contributed by atoms with van der Waals surface area (Å²) >= 11 is 6.22. The maximum absolute atomic E-state index is 12.1. The van der Waals surface area contributed by atoms with Gasteiger partial charge in [-0.1, -0.05) is 49.7 Å². The summed E-state index contributed by atoms with van der Waals surface area (Å²) < 4.78 is 10.4. The Balaban J connectivity index is 1.89. The van der Waals surface area contributed by atoms with E-state index in [0.717, 1.165) is 5.56 Å². The van der Waals surface area contributed by atoms with Gasteiger partial charge in [0.25, 0.3) is 0 Å². The number of cyclic esters (lactones) is 1. The van der Waals surface area contributed by atoms with E-state index in [4.69, 9.17) is 21.1 Å². The zero-order valence-electron chi connectivity index (χ0n) is 14.2. The number of esters is 1. The zero-order valence-corrected chi connectivity index (χ0v) is 15.0. The first-order valence-corrected chi connectivity index (χ1v) is 8.32. The first-order valence-electron chi connectivity index (χ1n) is 7.94. The van der Waals surface area contributed by atoms with Crippen molar-refractivity contribution in [2.45, 2.75) is 19.8 Å². The Morgan fingerprint density at radius 1 is 1.16 bits per heavy atom. The summed E-state index contributed by atoms with van der Waals surface area (Å²) in [6.45, 7) is 4.27. The summed E-state index contributed by atoms with van der Waals surface area (Å²) in [4.78, 5) is 16.4. The van der Waals surface area contributed by atoms with Gasteiger partial charge in [0.1, 0.15) is 5.75 Å².